The largest absolute Gasteiger partial charge is 0.353 e. The van der Waals surface area contributed by atoms with Crippen LogP contribution in [0, 0.1) is 17.8 Å². The number of amides is 1. The molecule has 1 heterocycles. The highest BCUT2D eigenvalue weighted by Crippen LogP contribution is 2.42. The molecule has 108 valence electrons. The number of rotatable bonds is 3. The number of Topliss-reactive ketones (excluding diaryl/α,β-unsaturated/α-hetero) is 1. The summed E-state index contributed by atoms with van der Waals surface area (Å²) in [5.41, 5.74) is 1.13. The van der Waals surface area contributed by atoms with Crippen LogP contribution in [0.2, 0.25) is 0 Å². The number of ketones is 1. The van der Waals surface area contributed by atoms with E-state index in [0.717, 1.165) is 31.4 Å². The molecule has 0 saturated heterocycles. The van der Waals surface area contributed by atoms with Gasteiger partial charge in [0, 0.05) is 43.7 Å². The molecule has 2 fully saturated rings. The summed E-state index contributed by atoms with van der Waals surface area (Å²) in [6, 6.07) is 4.03. The Bertz CT molecular complexity index is 518. The van der Waals surface area contributed by atoms with E-state index in [9.17, 15) is 9.59 Å². The third-order valence-corrected chi connectivity index (χ3v) is 4.98. The van der Waals surface area contributed by atoms with E-state index in [-0.39, 0.29) is 23.7 Å². The predicted octanol–water partition coefficient (Wildman–Crippen LogP) is 1.99. The third kappa shape index (κ3) is 2.28. The van der Waals surface area contributed by atoms with Crippen LogP contribution in [-0.4, -0.2) is 28.2 Å². The minimum atomic E-state index is 0.0514. The number of hydrogen-bond donors (Lipinski definition) is 0. The quantitative estimate of drug-likeness (QED) is 0.846. The second-order valence-corrected chi connectivity index (χ2v) is 6.35. The van der Waals surface area contributed by atoms with Crippen LogP contribution in [-0.2, 0) is 23.2 Å². The first-order valence-electron chi connectivity index (χ1n) is 7.45. The van der Waals surface area contributed by atoms with Crippen LogP contribution >= 0.6 is 0 Å². The molecule has 1 aromatic heterocycles. The lowest BCUT2D eigenvalue weighted by atomic mass is 9.79. The Morgan fingerprint density at radius 1 is 1.35 bits per heavy atom. The number of hydrogen-bond acceptors (Lipinski definition) is 2. The lowest BCUT2D eigenvalue weighted by molar-refractivity contribution is -0.139. The lowest BCUT2D eigenvalue weighted by Crippen LogP contribution is -2.38. The van der Waals surface area contributed by atoms with Crippen LogP contribution in [0.1, 0.15) is 31.4 Å². The fraction of sp³-hybridized carbons (Fsp3) is 0.625. The van der Waals surface area contributed by atoms with Crippen LogP contribution in [0.15, 0.2) is 18.3 Å². The molecule has 20 heavy (non-hydrogen) atoms. The standard InChI is InChI=1S/C16H22N2O2/c1-17-7-3-4-14(17)10-18(2)16(20)13-8-11-5-6-12(9-13)15(11)19/h3-4,7,11-13H,5-6,8-10H2,1-2H3. The van der Waals surface area contributed by atoms with Crippen molar-refractivity contribution in [2.75, 3.05) is 7.05 Å². The second kappa shape index (κ2) is 5.08. The van der Waals surface area contributed by atoms with Gasteiger partial charge in [-0.1, -0.05) is 0 Å². The molecular weight excluding hydrogens is 252 g/mol. The molecule has 2 bridgehead atoms. The van der Waals surface area contributed by atoms with Crippen molar-refractivity contribution >= 4 is 11.7 Å². The molecule has 2 atom stereocenters. The molecule has 0 radical (unpaired) electrons. The smallest absolute Gasteiger partial charge is 0.225 e. The van der Waals surface area contributed by atoms with Gasteiger partial charge in [-0.05, 0) is 37.8 Å². The summed E-state index contributed by atoms with van der Waals surface area (Å²) in [5, 5.41) is 0. The van der Waals surface area contributed by atoms with Crippen LogP contribution < -0.4 is 0 Å². The van der Waals surface area contributed by atoms with Gasteiger partial charge < -0.3 is 9.47 Å². The topological polar surface area (TPSA) is 42.3 Å². The Morgan fingerprint density at radius 2 is 2.00 bits per heavy atom. The van der Waals surface area contributed by atoms with Gasteiger partial charge in [-0.3, -0.25) is 9.59 Å². The number of aromatic nitrogens is 1. The lowest BCUT2D eigenvalue weighted by Gasteiger charge is -2.29. The molecule has 2 aliphatic rings. The maximum Gasteiger partial charge on any atom is 0.225 e. The first-order valence-corrected chi connectivity index (χ1v) is 7.45. The fourth-order valence-electron chi connectivity index (χ4n) is 3.77. The van der Waals surface area contributed by atoms with Gasteiger partial charge in [-0.2, -0.15) is 0 Å². The highest BCUT2D eigenvalue weighted by Gasteiger charge is 2.44. The molecule has 4 heteroatoms. The monoisotopic (exact) mass is 274 g/mol. The Hall–Kier alpha value is -1.58. The molecule has 3 rings (SSSR count). The zero-order valence-corrected chi connectivity index (χ0v) is 12.2. The minimum absolute atomic E-state index is 0.0514. The normalized spacial score (nSPS) is 28.7. The summed E-state index contributed by atoms with van der Waals surface area (Å²) >= 11 is 0. The molecule has 2 aliphatic carbocycles. The van der Waals surface area contributed by atoms with Gasteiger partial charge in [0.15, 0.2) is 0 Å². The van der Waals surface area contributed by atoms with Crippen molar-refractivity contribution in [2.24, 2.45) is 24.8 Å². The first kappa shape index (κ1) is 13.4. The molecule has 1 amide bonds. The van der Waals surface area contributed by atoms with Crippen LogP contribution in [0.3, 0.4) is 0 Å². The van der Waals surface area contributed by atoms with Gasteiger partial charge in [0.25, 0.3) is 0 Å². The van der Waals surface area contributed by atoms with Crippen LogP contribution in [0.5, 0.6) is 0 Å². The van der Waals surface area contributed by atoms with E-state index in [1.807, 2.05) is 41.9 Å². The summed E-state index contributed by atoms with van der Waals surface area (Å²) < 4.78 is 2.04. The van der Waals surface area contributed by atoms with E-state index in [0.29, 0.717) is 12.3 Å². The van der Waals surface area contributed by atoms with Crippen molar-refractivity contribution in [1.29, 1.82) is 0 Å². The van der Waals surface area contributed by atoms with Crippen molar-refractivity contribution in [3.63, 3.8) is 0 Å². The summed E-state index contributed by atoms with van der Waals surface area (Å²) in [6.45, 7) is 0.641. The molecule has 0 aromatic carbocycles. The van der Waals surface area contributed by atoms with Gasteiger partial charge in [-0.15, -0.1) is 0 Å². The van der Waals surface area contributed by atoms with Crippen LogP contribution in [0.25, 0.3) is 0 Å². The Kier molecular flexibility index (Phi) is 3.40. The van der Waals surface area contributed by atoms with Crippen LogP contribution in [0.4, 0.5) is 0 Å². The van der Waals surface area contributed by atoms with E-state index in [1.165, 1.54) is 0 Å². The van der Waals surface area contributed by atoms with E-state index >= 15 is 0 Å². The number of fused-ring (bicyclic) bond motifs is 2. The molecule has 4 nitrogen and oxygen atoms in total. The maximum atomic E-state index is 12.6. The number of carbonyl (C=O) groups is 2. The minimum Gasteiger partial charge on any atom is -0.353 e. The zero-order chi connectivity index (χ0) is 14.3. The van der Waals surface area contributed by atoms with Crippen molar-refractivity contribution in [3.05, 3.63) is 24.0 Å². The van der Waals surface area contributed by atoms with Crippen molar-refractivity contribution < 1.29 is 9.59 Å². The van der Waals surface area contributed by atoms with Gasteiger partial charge >= 0.3 is 0 Å². The van der Waals surface area contributed by atoms with E-state index in [4.69, 9.17) is 0 Å². The summed E-state index contributed by atoms with van der Waals surface area (Å²) in [6.07, 6.45) is 5.52. The predicted molar refractivity (Wildman–Crippen MR) is 75.8 cm³/mol. The summed E-state index contributed by atoms with van der Waals surface area (Å²) in [4.78, 5) is 26.3. The average molecular weight is 274 g/mol. The molecule has 0 spiro atoms. The molecule has 2 saturated carbocycles. The fourth-order valence-corrected chi connectivity index (χ4v) is 3.77. The highest BCUT2D eigenvalue weighted by atomic mass is 16.2. The highest BCUT2D eigenvalue weighted by molar-refractivity contribution is 5.89. The first-order chi connectivity index (χ1) is 9.56. The van der Waals surface area contributed by atoms with Crippen molar-refractivity contribution in [3.8, 4) is 0 Å². The molecule has 2 unspecified atom stereocenters. The summed E-state index contributed by atoms with van der Waals surface area (Å²) in [7, 11) is 3.86. The third-order valence-electron chi connectivity index (χ3n) is 4.98. The average Bonchev–Trinajstić information content (AvgIpc) is 2.89. The molecular formula is C16H22N2O2. The SMILES string of the molecule is CN(Cc1cccn1C)C(=O)C1CC2CCC(C1)C2=O. The van der Waals surface area contributed by atoms with E-state index in [2.05, 4.69) is 0 Å². The van der Waals surface area contributed by atoms with Gasteiger partial charge in [-0.25, -0.2) is 0 Å². The number of nitrogens with zero attached hydrogens (tertiary/aromatic N) is 2. The van der Waals surface area contributed by atoms with Gasteiger partial charge in [0.1, 0.15) is 5.78 Å². The van der Waals surface area contributed by atoms with Gasteiger partial charge in [0.2, 0.25) is 5.91 Å². The maximum absolute atomic E-state index is 12.6. The van der Waals surface area contributed by atoms with Gasteiger partial charge in [0.05, 0.1) is 6.54 Å². The Morgan fingerprint density at radius 3 is 2.55 bits per heavy atom. The van der Waals surface area contributed by atoms with Crippen molar-refractivity contribution in [2.45, 2.75) is 32.2 Å². The summed E-state index contributed by atoms with van der Waals surface area (Å²) in [5.74, 6) is 0.988. The number of aryl methyl sites for hydroxylation is 1. The molecule has 0 aliphatic heterocycles. The number of carbonyl (C=O) groups excluding carboxylic acids is 2. The zero-order valence-electron chi connectivity index (χ0n) is 12.2. The Labute approximate surface area is 119 Å². The van der Waals surface area contributed by atoms with E-state index < -0.39 is 0 Å². The molecule has 0 N–H and O–H groups in total. The van der Waals surface area contributed by atoms with E-state index in [1.54, 1.807) is 0 Å². The molecule has 1 aromatic rings. The second-order valence-electron chi connectivity index (χ2n) is 6.35. The van der Waals surface area contributed by atoms with Crippen molar-refractivity contribution in [1.82, 2.24) is 9.47 Å². The Balaban J connectivity index is 1.64.